The van der Waals surface area contributed by atoms with Crippen LogP contribution in [-0.4, -0.2) is 23.8 Å². The van der Waals surface area contributed by atoms with Crippen LogP contribution < -0.4 is 10.1 Å². The van der Waals surface area contributed by atoms with E-state index in [1.54, 1.807) is 7.11 Å². The molecule has 0 aliphatic heterocycles. The summed E-state index contributed by atoms with van der Waals surface area (Å²) < 4.78 is 10.3. The summed E-state index contributed by atoms with van der Waals surface area (Å²) in [5.41, 5.74) is 0.912. The predicted molar refractivity (Wildman–Crippen MR) is 68.4 cm³/mol. The van der Waals surface area contributed by atoms with E-state index in [4.69, 9.17) is 9.26 Å². The van der Waals surface area contributed by atoms with E-state index in [2.05, 4.69) is 15.5 Å². The summed E-state index contributed by atoms with van der Waals surface area (Å²) in [5, 5.41) is 7.21. The first-order chi connectivity index (χ1) is 8.74. The molecule has 5 nitrogen and oxygen atoms in total. The molecule has 0 aliphatic carbocycles. The normalized spacial score (nSPS) is 12.4. The standard InChI is InChI=1S/C13H17N3O2/c1-4-14-9(2)13-15-12(16-18-13)10-5-7-11(17-3)8-6-10/h5-9,14H,4H2,1-3H3. The fourth-order valence-corrected chi connectivity index (χ4v) is 1.66. The van der Waals surface area contributed by atoms with Gasteiger partial charge in [0.1, 0.15) is 5.75 Å². The third-order valence-electron chi connectivity index (χ3n) is 2.67. The van der Waals surface area contributed by atoms with Crippen LogP contribution >= 0.6 is 0 Å². The van der Waals surface area contributed by atoms with Crippen molar-refractivity contribution in [2.75, 3.05) is 13.7 Å². The second-order valence-corrected chi connectivity index (χ2v) is 3.96. The van der Waals surface area contributed by atoms with Gasteiger partial charge in [0.05, 0.1) is 13.2 Å². The Morgan fingerprint density at radius 3 is 2.67 bits per heavy atom. The molecule has 18 heavy (non-hydrogen) atoms. The number of methoxy groups -OCH3 is 1. The van der Waals surface area contributed by atoms with E-state index in [9.17, 15) is 0 Å². The van der Waals surface area contributed by atoms with Crippen molar-refractivity contribution in [1.29, 1.82) is 0 Å². The summed E-state index contributed by atoms with van der Waals surface area (Å²) in [6, 6.07) is 7.63. The van der Waals surface area contributed by atoms with Crippen molar-refractivity contribution in [3.63, 3.8) is 0 Å². The Balaban J connectivity index is 2.18. The third-order valence-corrected chi connectivity index (χ3v) is 2.67. The highest BCUT2D eigenvalue weighted by atomic mass is 16.5. The van der Waals surface area contributed by atoms with Gasteiger partial charge in [-0.25, -0.2) is 0 Å². The summed E-state index contributed by atoms with van der Waals surface area (Å²) >= 11 is 0. The van der Waals surface area contributed by atoms with E-state index in [-0.39, 0.29) is 6.04 Å². The molecular formula is C13H17N3O2. The lowest BCUT2D eigenvalue weighted by atomic mass is 10.2. The molecule has 1 N–H and O–H groups in total. The number of rotatable bonds is 5. The molecule has 1 atom stereocenters. The van der Waals surface area contributed by atoms with Gasteiger partial charge in [-0.2, -0.15) is 4.98 Å². The summed E-state index contributed by atoms with van der Waals surface area (Å²) in [4.78, 5) is 4.37. The number of hydrogen-bond donors (Lipinski definition) is 1. The Kier molecular flexibility index (Phi) is 3.94. The second kappa shape index (κ2) is 5.64. The summed E-state index contributed by atoms with van der Waals surface area (Å²) in [6.45, 7) is 4.90. The van der Waals surface area contributed by atoms with Crippen LogP contribution in [0, 0.1) is 0 Å². The molecule has 0 fully saturated rings. The van der Waals surface area contributed by atoms with Crippen LogP contribution in [0.4, 0.5) is 0 Å². The van der Waals surface area contributed by atoms with Crippen molar-refractivity contribution in [3.05, 3.63) is 30.2 Å². The highest BCUT2D eigenvalue weighted by Crippen LogP contribution is 2.21. The Hall–Kier alpha value is -1.88. The topological polar surface area (TPSA) is 60.2 Å². The summed E-state index contributed by atoms with van der Waals surface area (Å²) in [6.07, 6.45) is 0. The molecule has 1 aromatic carbocycles. The molecule has 0 aliphatic rings. The van der Waals surface area contributed by atoms with Gasteiger partial charge >= 0.3 is 0 Å². The Labute approximate surface area is 106 Å². The van der Waals surface area contributed by atoms with Gasteiger partial charge in [0.2, 0.25) is 11.7 Å². The van der Waals surface area contributed by atoms with Gasteiger partial charge in [-0.1, -0.05) is 12.1 Å². The first-order valence-electron chi connectivity index (χ1n) is 5.96. The lowest BCUT2D eigenvalue weighted by molar-refractivity contribution is 0.342. The Morgan fingerprint density at radius 1 is 1.33 bits per heavy atom. The van der Waals surface area contributed by atoms with Gasteiger partial charge in [-0.05, 0) is 37.7 Å². The highest BCUT2D eigenvalue weighted by molar-refractivity contribution is 5.55. The van der Waals surface area contributed by atoms with Crippen LogP contribution in [0.25, 0.3) is 11.4 Å². The van der Waals surface area contributed by atoms with E-state index in [1.807, 2.05) is 38.1 Å². The van der Waals surface area contributed by atoms with Crippen LogP contribution in [0.1, 0.15) is 25.8 Å². The average Bonchev–Trinajstić information content (AvgIpc) is 2.89. The van der Waals surface area contributed by atoms with E-state index < -0.39 is 0 Å². The zero-order valence-electron chi connectivity index (χ0n) is 10.8. The SMILES string of the molecule is CCNC(C)c1nc(-c2ccc(OC)cc2)no1. The minimum atomic E-state index is 0.0644. The molecule has 0 spiro atoms. The largest absolute Gasteiger partial charge is 0.497 e. The Bertz CT molecular complexity index is 493. The van der Waals surface area contributed by atoms with E-state index in [0.29, 0.717) is 11.7 Å². The summed E-state index contributed by atoms with van der Waals surface area (Å²) in [5.74, 6) is 2.00. The highest BCUT2D eigenvalue weighted by Gasteiger charge is 2.13. The molecule has 0 radical (unpaired) electrons. The quantitative estimate of drug-likeness (QED) is 0.879. The molecular weight excluding hydrogens is 230 g/mol. The van der Waals surface area contributed by atoms with Crippen molar-refractivity contribution in [2.24, 2.45) is 0 Å². The average molecular weight is 247 g/mol. The molecule has 1 unspecified atom stereocenters. The number of ether oxygens (including phenoxy) is 1. The van der Waals surface area contributed by atoms with Gasteiger partial charge in [0, 0.05) is 5.56 Å². The zero-order chi connectivity index (χ0) is 13.0. The van der Waals surface area contributed by atoms with Crippen molar-refractivity contribution in [2.45, 2.75) is 19.9 Å². The number of nitrogens with one attached hydrogen (secondary N) is 1. The van der Waals surface area contributed by atoms with Gasteiger partial charge in [0.15, 0.2) is 0 Å². The van der Waals surface area contributed by atoms with Gasteiger partial charge < -0.3 is 14.6 Å². The fourth-order valence-electron chi connectivity index (χ4n) is 1.66. The van der Waals surface area contributed by atoms with Crippen molar-refractivity contribution < 1.29 is 9.26 Å². The molecule has 0 bridgehead atoms. The second-order valence-electron chi connectivity index (χ2n) is 3.96. The number of hydrogen-bond acceptors (Lipinski definition) is 5. The van der Waals surface area contributed by atoms with E-state index in [1.165, 1.54) is 0 Å². The molecule has 1 heterocycles. The molecule has 2 aromatic rings. The monoisotopic (exact) mass is 247 g/mol. The lowest BCUT2D eigenvalue weighted by Crippen LogP contribution is -2.17. The number of benzene rings is 1. The minimum absolute atomic E-state index is 0.0644. The third kappa shape index (κ3) is 2.68. The maximum atomic E-state index is 5.24. The van der Waals surface area contributed by atoms with E-state index in [0.717, 1.165) is 17.9 Å². The van der Waals surface area contributed by atoms with Crippen LogP contribution in [0.15, 0.2) is 28.8 Å². The van der Waals surface area contributed by atoms with Gasteiger partial charge in [-0.3, -0.25) is 0 Å². The number of nitrogens with zero attached hydrogens (tertiary/aromatic N) is 2. The van der Waals surface area contributed by atoms with E-state index >= 15 is 0 Å². The Morgan fingerprint density at radius 2 is 2.06 bits per heavy atom. The maximum absolute atomic E-state index is 5.24. The van der Waals surface area contributed by atoms with Crippen LogP contribution in [0.3, 0.4) is 0 Å². The van der Waals surface area contributed by atoms with Crippen molar-refractivity contribution in [1.82, 2.24) is 15.5 Å². The first kappa shape index (κ1) is 12.6. The predicted octanol–water partition coefficient (Wildman–Crippen LogP) is 2.42. The lowest BCUT2D eigenvalue weighted by Gasteiger charge is -2.05. The molecule has 0 saturated carbocycles. The molecule has 96 valence electrons. The zero-order valence-corrected chi connectivity index (χ0v) is 10.8. The number of aromatic nitrogens is 2. The molecule has 2 rings (SSSR count). The smallest absolute Gasteiger partial charge is 0.243 e. The van der Waals surface area contributed by atoms with Crippen molar-refractivity contribution in [3.8, 4) is 17.1 Å². The molecule has 5 heteroatoms. The minimum Gasteiger partial charge on any atom is -0.497 e. The summed E-state index contributed by atoms with van der Waals surface area (Å²) in [7, 11) is 1.64. The van der Waals surface area contributed by atoms with Crippen LogP contribution in [0.5, 0.6) is 5.75 Å². The molecule has 0 saturated heterocycles. The van der Waals surface area contributed by atoms with Gasteiger partial charge in [-0.15, -0.1) is 0 Å². The van der Waals surface area contributed by atoms with Crippen LogP contribution in [-0.2, 0) is 0 Å². The first-order valence-corrected chi connectivity index (χ1v) is 5.96. The van der Waals surface area contributed by atoms with Crippen LogP contribution in [0.2, 0.25) is 0 Å². The fraction of sp³-hybridized carbons (Fsp3) is 0.385. The van der Waals surface area contributed by atoms with Crippen molar-refractivity contribution >= 4 is 0 Å². The maximum Gasteiger partial charge on any atom is 0.243 e. The van der Waals surface area contributed by atoms with Gasteiger partial charge in [0.25, 0.3) is 0 Å². The molecule has 1 aromatic heterocycles. The molecule has 0 amide bonds.